The van der Waals surface area contributed by atoms with E-state index in [1.165, 1.54) is 24.3 Å². The lowest BCUT2D eigenvalue weighted by Crippen LogP contribution is -2.44. The highest BCUT2D eigenvalue weighted by atomic mass is 35.5. The number of nitrogens with zero attached hydrogens (tertiary/aromatic N) is 2. The topological polar surface area (TPSA) is 110 Å². The predicted octanol–water partition coefficient (Wildman–Crippen LogP) is 4.38. The van der Waals surface area contributed by atoms with Crippen LogP contribution in [0.15, 0.2) is 53.4 Å². The first kappa shape index (κ1) is 23.5. The summed E-state index contributed by atoms with van der Waals surface area (Å²) in [6.45, 7) is 3.71. The second-order valence-electron chi connectivity index (χ2n) is 7.55. The molecule has 0 spiro atoms. The van der Waals surface area contributed by atoms with E-state index in [4.69, 9.17) is 11.6 Å². The highest BCUT2D eigenvalue weighted by Gasteiger charge is 2.35. The Hall–Kier alpha value is -3.17. The second kappa shape index (κ2) is 9.54. The van der Waals surface area contributed by atoms with E-state index < -0.39 is 21.5 Å². The van der Waals surface area contributed by atoms with Gasteiger partial charge in [-0.25, -0.2) is 0 Å². The Labute approximate surface area is 193 Å². The van der Waals surface area contributed by atoms with Gasteiger partial charge < -0.3 is 5.32 Å². The Morgan fingerprint density at radius 1 is 1.22 bits per heavy atom. The molecule has 1 fully saturated rings. The monoisotopic (exact) mass is 473 g/mol. The molecule has 32 heavy (non-hydrogen) atoms. The van der Waals surface area contributed by atoms with E-state index in [1.54, 1.807) is 13.8 Å². The molecule has 0 bridgehead atoms. The number of carbonyl (C=O) groups is 3. The lowest BCUT2D eigenvalue weighted by molar-refractivity contribution is -0.384. The fourth-order valence-corrected chi connectivity index (χ4v) is 4.14. The lowest BCUT2D eigenvalue weighted by atomic mass is 9.84. The van der Waals surface area contributed by atoms with E-state index in [0.717, 1.165) is 22.2 Å². The molecule has 1 saturated heterocycles. The van der Waals surface area contributed by atoms with Gasteiger partial charge in [-0.2, -0.15) is 0 Å². The Morgan fingerprint density at radius 2 is 1.91 bits per heavy atom. The molecule has 8 nitrogen and oxygen atoms in total. The molecule has 10 heteroatoms. The van der Waals surface area contributed by atoms with E-state index in [-0.39, 0.29) is 34.6 Å². The van der Waals surface area contributed by atoms with Crippen molar-refractivity contribution in [3.8, 4) is 0 Å². The molecule has 0 atom stereocenters. The van der Waals surface area contributed by atoms with Crippen molar-refractivity contribution in [1.29, 1.82) is 0 Å². The van der Waals surface area contributed by atoms with Crippen molar-refractivity contribution in [3.63, 3.8) is 0 Å². The van der Waals surface area contributed by atoms with E-state index in [2.05, 4.69) is 5.32 Å². The molecule has 0 aromatic heterocycles. The van der Waals surface area contributed by atoms with E-state index in [9.17, 15) is 24.5 Å². The third-order valence-electron chi connectivity index (χ3n) is 5.02. The predicted molar refractivity (Wildman–Crippen MR) is 123 cm³/mol. The van der Waals surface area contributed by atoms with Gasteiger partial charge in [0.15, 0.2) is 0 Å². The highest BCUT2D eigenvalue weighted by Crippen LogP contribution is 2.33. The molecule has 166 valence electrons. The van der Waals surface area contributed by atoms with E-state index in [1.807, 2.05) is 30.3 Å². The Kier molecular flexibility index (Phi) is 7.00. The largest absolute Gasteiger partial charge is 0.354 e. The Balaban J connectivity index is 1.64. The zero-order valence-corrected chi connectivity index (χ0v) is 18.9. The van der Waals surface area contributed by atoms with Crippen LogP contribution in [0.25, 0.3) is 6.08 Å². The van der Waals surface area contributed by atoms with Crippen LogP contribution in [0.1, 0.15) is 25.0 Å². The zero-order chi connectivity index (χ0) is 23.5. The summed E-state index contributed by atoms with van der Waals surface area (Å²) in [5, 5.41) is 13.3. The van der Waals surface area contributed by atoms with Gasteiger partial charge in [0.05, 0.1) is 15.2 Å². The zero-order valence-electron chi connectivity index (χ0n) is 17.3. The highest BCUT2D eigenvalue weighted by molar-refractivity contribution is 8.18. The number of rotatable bonds is 7. The summed E-state index contributed by atoms with van der Waals surface area (Å²) < 4.78 is 0. The van der Waals surface area contributed by atoms with Gasteiger partial charge in [-0.15, -0.1) is 0 Å². The van der Waals surface area contributed by atoms with Gasteiger partial charge in [0.1, 0.15) is 5.02 Å². The Bertz CT molecular complexity index is 1120. The Morgan fingerprint density at radius 3 is 2.56 bits per heavy atom. The molecule has 1 aliphatic rings. The van der Waals surface area contributed by atoms with Gasteiger partial charge in [0.2, 0.25) is 5.91 Å². The lowest BCUT2D eigenvalue weighted by Gasteiger charge is -2.24. The first-order chi connectivity index (χ1) is 15.1. The standard InChI is InChI=1S/C22H20ClN3O5S/c1-22(2,15-6-4-3-5-7-15)20(28)24-10-11-25-19(27)18(32-21(25)29)13-14-8-9-16(23)17(12-14)26(30)31/h3-9,12-13H,10-11H2,1-2H3,(H,24,28)/b18-13+. The van der Waals surface area contributed by atoms with Gasteiger partial charge in [-0.3, -0.25) is 29.4 Å². The molecule has 0 radical (unpaired) electrons. The van der Waals surface area contributed by atoms with Crippen molar-refractivity contribution in [2.75, 3.05) is 13.1 Å². The first-order valence-electron chi connectivity index (χ1n) is 9.64. The van der Waals surface area contributed by atoms with Gasteiger partial charge in [0.25, 0.3) is 16.8 Å². The maximum Gasteiger partial charge on any atom is 0.293 e. The summed E-state index contributed by atoms with van der Waals surface area (Å²) in [6, 6.07) is 13.4. The van der Waals surface area contributed by atoms with Crippen LogP contribution < -0.4 is 5.32 Å². The molecular formula is C22H20ClN3O5S. The summed E-state index contributed by atoms with van der Waals surface area (Å²) in [5.41, 5.74) is 0.167. The normalized spacial score (nSPS) is 15.3. The quantitative estimate of drug-likeness (QED) is 0.363. The van der Waals surface area contributed by atoms with Gasteiger partial charge in [0, 0.05) is 19.2 Å². The summed E-state index contributed by atoms with van der Waals surface area (Å²) in [4.78, 5) is 49.2. The van der Waals surface area contributed by atoms with Gasteiger partial charge in [-0.05, 0) is 48.9 Å². The molecule has 1 heterocycles. The maximum absolute atomic E-state index is 12.6. The first-order valence-corrected chi connectivity index (χ1v) is 10.8. The molecule has 1 aliphatic heterocycles. The number of nitrogens with one attached hydrogen (secondary N) is 1. The summed E-state index contributed by atoms with van der Waals surface area (Å²) in [5.74, 6) is -0.742. The molecule has 0 unspecified atom stereocenters. The van der Waals surface area contributed by atoms with Gasteiger partial charge >= 0.3 is 0 Å². The van der Waals surface area contributed by atoms with E-state index in [0.29, 0.717) is 5.56 Å². The SMILES string of the molecule is CC(C)(C(=O)NCCN1C(=O)S/C(=C/c2ccc(Cl)c([N+](=O)[O-])c2)C1=O)c1ccccc1. The maximum atomic E-state index is 12.6. The minimum Gasteiger partial charge on any atom is -0.354 e. The number of hydrogen-bond acceptors (Lipinski definition) is 6. The third kappa shape index (κ3) is 5.00. The van der Waals surface area contributed by atoms with Crippen molar-refractivity contribution >= 4 is 52.2 Å². The van der Waals surface area contributed by atoms with Crippen LogP contribution in [-0.2, 0) is 15.0 Å². The molecule has 3 rings (SSSR count). The van der Waals surface area contributed by atoms with Crippen molar-refractivity contribution in [3.05, 3.63) is 79.7 Å². The van der Waals surface area contributed by atoms with Crippen molar-refractivity contribution < 1.29 is 19.3 Å². The number of carbonyl (C=O) groups excluding carboxylic acids is 3. The molecule has 1 N–H and O–H groups in total. The van der Waals surface area contributed by atoms with Crippen LogP contribution in [0.5, 0.6) is 0 Å². The average Bonchev–Trinajstić information content (AvgIpc) is 3.02. The summed E-state index contributed by atoms with van der Waals surface area (Å²) in [6.07, 6.45) is 1.41. The number of nitro benzene ring substituents is 1. The van der Waals surface area contributed by atoms with Crippen LogP contribution in [0, 0.1) is 10.1 Å². The number of halogens is 1. The number of hydrogen-bond donors (Lipinski definition) is 1. The minimum atomic E-state index is -0.774. The fraction of sp³-hybridized carbons (Fsp3) is 0.227. The molecule has 0 aliphatic carbocycles. The van der Waals surface area contributed by atoms with Crippen molar-refractivity contribution in [2.45, 2.75) is 19.3 Å². The number of imide groups is 1. The minimum absolute atomic E-state index is 0.0133. The number of amides is 3. The number of benzene rings is 2. The van der Waals surface area contributed by atoms with Crippen molar-refractivity contribution in [2.24, 2.45) is 0 Å². The number of nitro groups is 1. The number of thioether (sulfide) groups is 1. The molecule has 3 amide bonds. The third-order valence-corrected chi connectivity index (χ3v) is 6.25. The van der Waals surface area contributed by atoms with Crippen LogP contribution >= 0.6 is 23.4 Å². The van der Waals surface area contributed by atoms with E-state index >= 15 is 0 Å². The summed E-state index contributed by atoms with van der Waals surface area (Å²) >= 11 is 6.54. The molecule has 0 saturated carbocycles. The summed E-state index contributed by atoms with van der Waals surface area (Å²) in [7, 11) is 0. The van der Waals surface area contributed by atoms with Gasteiger partial charge in [-0.1, -0.05) is 48.0 Å². The second-order valence-corrected chi connectivity index (χ2v) is 8.95. The van der Waals surface area contributed by atoms with Crippen LogP contribution in [0.2, 0.25) is 5.02 Å². The molecule has 2 aromatic carbocycles. The van der Waals surface area contributed by atoms with Crippen molar-refractivity contribution in [1.82, 2.24) is 10.2 Å². The fourth-order valence-electron chi connectivity index (χ4n) is 3.09. The van der Waals surface area contributed by atoms with Crippen LogP contribution in [0.4, 0.5) is 10.5 Å². The molecule has 2 aromatic rings. The van der Waals surface area contributed by atoms with Crippen LogP contribution in [-0.4, -0.2) is 40.0 Å². The average molecular weight is 474 g/mol. The molecular weight excluding hydrogens is 454 g/mol. The smallest absolute Gasteiger partial charge is 0.293 e. The van der Waals surface area contributed by atoms with Crippen LogP contribution in [0.3, 0.4) is 0 Å².